The third-order valence-corrected chi connectivity index (χ3v) is 5.34. The highest BCUT2D eigenvalue weighted by molar-refractivity contribution is 5.96. The predicted octanol–water partition coefficient (Wildman–Crippen LogP) is 3.53. The van der Waals surface area contributed by atoms with Gasteiger partial charge in [0.15, 0.2) is 0 Å². The molecule has 3 rings (SSSR count). The molecule has 0 saturated heterocycles. The fraction of sp³-hybridized carbons (Fsp3) is 0.450. The number of aromatic nitrogens is 1. The van der Waals surface area contributed by atoms with Crippen LogP contribution in [0.25, 0.3) is 5.69 Å². The van der Waals surface area contributed by atoms with Gasteiger partial charge in [0.05, 0.1) is 18.2 Å². The van der Waals surface area contributed by atoms with Crippen LogP contribution < -0.4 is 15.8 Å². The fourth-order valence-corrected chi connectivity index (χ4v) is 3.86. The molecule has 0 aliphatic heterocycles. The lowest BCUT2D eigenvalue weighted by atomic mass is 9.97. The second kappa shape index (κ2) is 8.14. The summed E-state index contributed by atoms with van der Waals surface area (Å²) in [7, 11) is 1.65. The molecule has 1 amide bonds. The smallest absolute Gasteiger partial charge is 0.253 e. The third-order valence-electron chi connectivity index (χ3n) is 5.34. The number of benzene rings is 1. The van der Waals surface area contributed by atoms with Crippen molar-refractivity contribution in [3.05, 3.63) is 47.3 Å². The molecule has 0 atom stereocenters. The molecular weight excluding hydrogens is 350 g/mol. The quantitative estimate of drug-likeness (QED) is 0.837. The van der Waals surface area contributed by atoms with Crippen molar-refractivity contribution in [2.45, 2.75) is 45.1 Å². The van der Waals surface area contributed by atoms with E-state index in [0.717, 1.165) is 48.5 Å². The van der Waals surface area contributed by atoms with Crippen LogP contribution in [-0.2, 0) is 0 Å². The van der Waals surface area contributed by atoms with Crippen molar-refractivity contribution >= 4 is 18.3 Å². The molecule has 1 heterocycles. The molecule has 6 heteroatoms. The highest BCUT2D eigenvalue weighted by Gasteiger charge is 2.34. The average molecular weight is 378 g/mol. The van der Waals surface area contributed by atoms with Crippen LogP contribution in [0.1, 0.15) is 47.4 Å². The molecule has 142 valence electrons. The fourth-order valence-electron chi connectivity index (χ4n) is 3.86. The topological polar surface area (TPSA) is 69.3 Å². The van der Waals surface area contributed by atoms with Gasteiger partial charge in [0.1, 0.15) is 5.75 Å². The van der Waals surface area contributed by atoms with E-state index in [2.05, 4.69) is 9.88 Å². The van der Waals surface area contributed by atoms with Crippen molar-refractivity contribution in [2.75, 3.05) is 13.7 Å². The molecule has 0 radical (unpaired) electrons. The molecule has 3 N–H and O–H groups in total. The Bertz CT molecular complexity index is 762. The number of nitrogens with one attached hydrogen (secondary N) is 1. The molecule has 0 unspecified atom stereocenters. The molecule has 1 aliphatic rings. The van der Waals surface area contributed by atoms with Crippen molar-refractivity contribution in [1.82, 2.24) is 9.88 Å². The van der Waals surface area contributed by atoms with Crippen molar-refractivity contribution in [2.24, 2.45) is 5.73 Å². The van der Waals surface area contributed by atoms with Gasteiger partial charge in [-0.05, 0) is 57.0 Å². The number of rotatable bonds is 5. The van der Waals surface area contributed by atoms with E-state index in [1.807, 2.05) is 44.2 Å². The Kier molecular flexibility index (Phi) is 6.37. The lowest BCUT2D eigenvalue weighted by molar-refractivity contribution is 0.0902. The van der Waals surface area contributed by atoms with E-state index in [9.17, 15) is 4.79 Å². The zero-order valence-corrected chi connectivity index (χ0v) is 16.5. The molecule has 1 aliphatic carbocycles. The van der Waals surface area contributed by atoms with Crippen molar-refractivity contribution in [3.8, 4) is 11.4 Å². The van der Waals surface area contributed by atoms with Gasteiger partial charge in [-0.1, -0.05) is 12.8 Å². The third kappa shape index (κ3) is 3.74. The largest absolute Gasteiger partial charge is 0.497 e. The molecule has 0 bridgehead atoms. The van der Waals surface area contributed by atoms with E-state index in [1.165, 1.54) is 0 Å². The lowest BCUT2D eigenvalue weighted by Gasteiger charge is -2.28. The van der Waals surface area contributed by atoms with E-state index in [4.69, 9.17) is 10.5 Å². The first-order valence-electron chi connectivity index (χ1n) is 8.85. The summed E-state index contributed by atoms with van der Waals surface area (Å²) in [6, 6.07) is 9.80. The summed E-state index contributed by atoms with van der Waals surface area (Å²) >= 11 is 0. The number of aryl methyl sites for hydroxylation is 1. The van der Waals surface area contributed by atoms with Gasteiger partial charge in [0.2, 0.25) is 0 Å². The van der Waals surface area contributed by atoms with E-state index < -0.39 is 0 Å². The minimum Gasteiger partial charge on any atom is -0.497 e. The molecule has 26 heavy (non-hydrogen) atoms. The zero-order chi connectivity index (χ0) is 18.0. The zero-order valence-electron chi connectivity index (χ0n) is 15.7. The second-order valence-electron chi connectivity index (χ2n) is 6.96. The first kappa shape index (κ1) is 20.3. The number of nitrogens with zero attached hydrogens (tertiary/aromatic N) is 1. The van der Waals surface area contributed by atoms with Crippen LogP contribution in [0, 0.1) is 13.8 Å². The van der Waals surface area contributed by atoms with E-state index in [0.29, 0.717) is 12.1 Å². The Morgan fingerprint density at radius 2 is 1.85 bits per heavy atom. The van der Waals surface area contributed by atoms with Crippen LogP contribution in [-0.4, -0.2) is 29.7 Å². The Hall–Kier alpha value is -1.98. The molecule has 1 fully saturated rings. The number of carbonyl (C=O) groups excluding carboxylic acids is 1. The van der Waals surface area contributed by atoms with E-state index in [1.54, 1.807) is 7.11 Å². The summed E-state index contributed by atoms with van der Waals surface area (Å²) < 4.78 is 7.32. The summed E-state index contributed by atoms with van der Waals surface area (Å²) in [6.07, 6.45) is 4.18. The van der Waals surface area contributed by atoms with E-state index >= 15 is 0 Å². The maximum atomic E-state index is 12.9. The van der Waals surface area contributed by atoms with Crippen LogP contribution in [0.15, 0.2) is 30.3 Å². The summed E-state index contributed by atoms with van der Waals surface area (Å²) in [6.45, 7) is 4.49. The van der Waals surface area contributed by atoms with Crippen LogP contribution >= 0.6 is 12.4 Å². The minimum atomic E-state index is -0.236. The van der Waals surface area contributed by atoms with Gasteiger partial charge in [-0.3, -0.25) is 4.79 Å². The predicted molar refractivity (Wildman–Crippen MR) is 107 cm³/mol. The summed E-state index contributed by atoms with van der Waals surface area (Å²) in [4.78, 5) is 12.9. The number of halogens is 1. The lowest BCUT2D eigenvalue weighted by Crippen LogP contribution is -2.51. The summed E-state index contributed by atoms with van der Waals surface area (Å²) in [5.41, 5.74) is 9.42. The Labute approximate surface area is 161 Å². The van der Waals surface area contributed by atoms with Gasteiger partial charge in [0, 0.05) is 23.6 Å². The van der Waals surface area contributed by atoms with Crippen molar-refractivity contribution in [3.63, 3.8) is 0 Å². The van der Waals surface area contributed by atoms with Crippen LogP contribution in [0.5, 0.6) is 5.75 Å². The summed E-state index contributed by atoms with van der Waals surface area (Å²) in [5.74, 6) is 0.788. The van der Waals surface area contributed by atoms with Gasteiger partial charge in [-0.25, -0.2) is 0 Å². The van der Waals surface area contributed by atoms with Crippen LogP contribution in [0.2, 0.25) is 0 Å². The van der Waals surface area contributed by atoms with Gasteiger partial charge >= 0.3 is 0 Å². The first-order chi connectivity index (χ1) is 12.0. The first-order valence-corrected chi connectivity index (χ1v) is 8.85. The number of hydrogen-bond acceptors (Lipinski definition) is 3. The maximum Gasteiger partial charge on any atom is 0.253 e. The molecule has 1 saturated carbocycles. The normalized spacial score (nSPS) is 15.4. The highest BCUT2D eigenvalue weighted by Crippen LogP contribution is 2.30. The molecule has 5 nitrogen and oxygen atoms in total. The maximum absolute atomic E-state index is 12.9. The molecule has 0 spiro atoms. The molecular formula is C20H28ClN3O2. The standard InChI is InChI=1S/C20H27N3O2.ClH/c1-14-12-18(19(24)22-20(13-21)10-4-5-11-20)15(2)23(14)16-6-8-17(25-3)9-7-16;/h6-9,12H,4-5,10-11,13,21H2,1-3H3,(H,22,24);1H. The minimum absolute atomic E-state index is 0. The van der Waals surface area contributed by atoms with Gasteiger partial charge in [-0.2, -0.15) is 0 Å². The summed E-state index contributed by atoms with van der Waals surface area (Å²) in [5, 5.41) is 3.21. The van der Waals surface area contributed by atoms with Crippen LogP contribution in [0.4, 0.5) is 0 Å². The van der Waals surface area contributed by atoms with Gasteiger partial charge in [-0.15, -0.1) is 12.4 Å². The average Bonchev–Trinajstić information content (AvgIpc) is 3.20. The number of nitrogens with two attached hydrogens (primary N) is 1. The second-order valence-corrected chi connectivity index (χ2v) is 6.96. The monoisotopic (exact) mass is 377 g/mol. The highest BCUT2D eigenvalue weighted by atomic mass is 35.5. The van der Waals surface area contributed by atoms with Crippen LogP contribution in [0.3, 0.4) is 0 Å². The molecule has 2 aromatic rings. The van der Waals surface area contributed by atoms with Gasteiger partial charge in [0.25, 0.3) is 5.91 Å². The number of carbonyl (C=O) groups is 1. The number of ether oxygens (including phenoxy) is 1. The Balaban J connectivity index is 0.00000243. The SMILES string of the molecule is COc1ccc(-n2c(C)cc(C(=O)NC3(CN)CCCC3)c2C)cc1.Cl. The Morgan fingerprint density at radius 3 is 2.38 bits per heavy atom. The number of amides is 1. The van der Waals surface area contributed by atoms with Gasteiger partial charge < -0.3 is 20.4 Å². The molecule has 1 aromatic carbocycles. The van der Waals surface area contributed by atoms with E-state index in [-0.39, 0.29) is 23.9 Å². The number of hydrogen-bond donors (Lipinski definition) is 2. The van der Waals surface area contributed by atoms with Crippen molar-refractivity contribution < 1.29 is 9.53 Å². The Morgan fingerprint density at radius 1 is 1.23 bits per heavy atom. The molecule has 1 aromatic heterocycles. The van der Waals surface area contributed by atoms with Crippen molar-refractivity contribution in [1.29, 1.82) is 0 Å². The number of methoxy groups -OCH3 is 1.